The first kappa shape index (κ1) is 7.12. The van der Waals surface area contributed by atoms with Crippen LogP contribution in [-0.4, -0.2) is 11.7 Å². The third-order valence-corrected chi connectivity index (χ3v) is 1.18. The van der Waals surface area contributed by atoms with Gasteiger partial charge in [-0.25, -0.2) is 0 Å². The predicted octanol–water partition coefficient (Wildman–Crippen LogP) is 1.80. The summed E-state index contributed by atoms with van der Waals surface area (Å²) in [5.74, 6) is 1.68. The van der Waals surface area contributed by atoms with Crippen LogP contribution in [0.25, 0.3) is 0 Å². The molecule has 0 amide bonds. The van der Waals surface area contributed by atoms with Gasteiger partial charge in [-0.3, -0.25) is 0 Å². The highest BCUT2D eigenvalue weighted by molar-refractivity contribution is 5.32. The zero-order chi connectivity index (χ0) is 7.40. The molecule has 1 aromatic rings. The van der Waals surface area contributed by atoms with Crippen LogP contribution in [0.1, 0.15) is 19.1 Å². The van der Waals surface area contributed by atoms with Crippen LogP contribution in [0, 0.1) is 6.92 Å². The lowest BCUT2D eigenvalue weighted by Crippen LogP contribution is -1.98. The first-order valence-corrected chi connectivity index (χ1v) is 3.50. The van der Waals surface area contributed by atoms with Crippen molar-refractivity contribution in [3.63, 3.8) is 0 Å². The molecule has 0 radical (unpaired) electrons. The monoisotopic (exact) mass is 140 g/mol. The molecule has 0 aromatic carbocycles. The van der Waals surface area contributed by atoms with Crippen molar-refractivity contribution in [3.8, 4) is 0 Å². The average molecular weight is 140 g/mol. The van der Waals surface area contributed by atoms with Gasteiger partial charge >= 0.3 is 0 Å². The number of anilines is 1. The maximum Gasteiger partial charge on any atom is 0.169 e. The van der Waals surface area contributed by atoms with Gasteiger partial charge in [-0.05, 0) is 13.3 Å². The van der Waals surface area contributed by atoms with Crippen LogP contribution in [0.15, 0.2) is 10.6 Å². The first-order chi connectivity index (χ1) is 4.83. The molecule has 0 aliphatic heterocycles. The molecule has 56 valence electrons. The second-order valence-electron chi connectivity index (χ2n) is 2.25. The van der Waals surface area contributed by atoms with Crippen molar-refractivity contribution in [2.45, 2.75) is 20.3 Å². The van der Waals surface area contributed by atoms with Crippen LogP contribution in [0.3, 0.4) is 0 Å². The van der Waals surface area contributed by atoms with Crippen LogP contribution < -0.4 is 5.32 Å². The molecular formula is C7H12N2O. The molecule has 1 heterocycles. The summed E-state index contributed by atoms with van der Waals surface area (Å²) in [4.78, 5) is 0. The van der Waals surface area contributed by atoms with Gasteiger partial charge in [-0.1, -0.05) is 12.1 Å². The van der Waals surface area contributed by atoms with Crippen LogP contribution in [-0.2, 0) is 0 Å². The summed E-state index contributed by atoms with van der Waals surface area (Å²) >= 11 is 0. The normalized spacial score (nSPS) is 9.80. The third-order valence-electron chi connectivity index (χ3n) is 1.18. The Morgan fingerprint density at radius 2 is 2.50 bits per heavy atom. The maximum atomic E-state index is 4.85. The van der Waals surface area contributed by atoms with Crippen molar-refractivity contribution in [1.82, 2.24) is 5.16 Å². The Labute approximate surface area is 60.4 Å². The van der Waals surface area contributed by atoms with Gasteiger partial charge in [0.15, 0.2) is 5.82 Å². The van der Waals surface area contributed by atoms with Gasteiger partial charge in [-0.2, -0.15) is 0 Å². The fourth-order valence-electron chi connectivity index (χ4n) is 0.703. The van der Waals surface area contributed by atoms with E-state index in [1.165, 1.54) is 0 Å². The lowest BCUT2D eigenvalue weighted by atomic mass is 10.4. The largest absolute Gasteiger partial charge is 0.367 e. The van der Waals surface area contributed by atoms with Crippen LogP contribution in [0.5, 0.6) is 0 Å². The summed E-state index contributed by atoms with van der Waals surface area (Å²) in [5.41, 5.74) is 0. The zero-order valence-corrected chi connectivity index (χ0v) is 6.35. The van der Waals surface area contributed by atoms with Gasteiger partial charge in [0.05, 0.1) is 0 Å². The van der Waals surface area contributed by atoms with Crippen molar-refractivity contribution < 1.29 is 4.52 Å². The maximum absolute atomic E-state index is 4.85. The summed E-state index contributed by atoms with van der Waals surface area (Å²) in [6, 6.07) is 1.88. The first-order valence-electron chi connectivity index (χ1n) is 3.50. The Balaban J connectivity index is 2.42. The Bertz CT molecular complexity index is 195. The van der Waals surface area contributed by atoms with E-state index >= 15 is 0 Å². The Morgan fingerprint density at radius 1 is 1.70 bits per heavy atom. The second-order valence-corrected chi connectivity index (χ2v) is 2.25. The zero-order valence-electron chi connectivity index (χ0n) is 6.35. The quantitative estimate of drug-likeness (QED) is 0.695. The Morgan fingerprint density at radius 3 is 3.00 bits per heavy atom. The van der Waals surface area contributed by atoms with Gasteiger partial charge in [0.2, 0.25) is 0 Å². The van der Waals surface area contributed by atoms with E-state index in [1.54, 1.807) is 0 Å². The van der Waals surface area contributed by atoms with Gasteiger partial charge < -0.3 is 9.84 Å². The highest BCUT2D eigenvalue weighted by atomic mass is 16.5. The van der Waals surface area contributed by atoms with E-state index in [-0.39, 0.29) is 0 Å². The summed E-state index contributed by atoms with van der Waals surface area (Å²) < 4.78 is 4.85. The van der Waals surface area contributed by atoms with Crippen molar-refractivity contribution in [3.05, 3.63) is 11.8 Å². The minimum atomic E-state index is 0.833. The van der Waals surface area contributed by atoms with E-state index in [4.69, 9.17) is 4.52 Å². The van der Waals surface area contributed by atoms with Gasteiger partial charge in [0, 0.05) is 12.6 Å². The van der Waals surface area contributed by atoms with Gasteiger partial charge in [-0.15, -0.1) is 0 Å². The lowest BCUT2D eigenvalue weighted by Gasteiger charge is -1.94. The topological polar surface area (TPSA) is 38.1 Å². The predicted molar refractivity (Wildman–Crippen MR) is 40.0 cm³/mol. The van der Waals surface area contributed by atoms with Crippen molar-refractivity contribution >= 4 is 5.82 Å². The fourth-order valence-corrected chi connectivity index (χ4v) is 0.703. The van der Waals surface area contributed by atoms with E-state index in [0.717, 1.165) is 24.5 Å². The molecule has 0 aliphatic carbocycles. The molecule has 0 fully saturated rings. The molecule has 10 heavy (non-hydrogen) atoms. The molecule has 0 saturated heterocycles. The Hall–Kier alpha value is -0.990. The molecular weight excluding hydrogens is 128 g/mol. The number of nitrogens with zero attached hydrogens (tertiary/aromatic N) is 1. The minimum Gasteiger partial charge on any atom is -0.367 e. The molecule has 0 atom stereocenters. The smallest absolute Gasteiger partial charge is 0.169 e. The number of hydrogen-bond donors (Lipinski definition) is 1. The van der Waals surface area contributed by atoms with Crippen molar-refractivity contribution in [1.29, 1.82) is 0 Å². The summed E-state index contributed by atoms with van der Waals surface area (Å²) in [7, 11) is 0. The molecule has 1 N–H and O–H groups in total. The van der Waals surface area contributed by atoms with Crippen molar-refractivity contribution in [2.24, 2.45) is 0 Å². The summed E-state index contributed by atoms with van der Waals surface area (Å²) in [6.45, 7) is 4.94. The molecule has 0 bridgehead atoms. The lowest BCUT2D eigenvalue weighted by molar-refractivity contribution is 0.399. The highest BCUT2D eigenvalue weighted by Crippen LogP contribution is 2.05. The molecule has 1 rings (SSSR count). The van der Waals surface area contributed by atoms with Gasteiger partial charge in [0.25, 0.3) is 0 Å². The average Bonchev–Trinajstić information content (AvgIpc) is 2.31. The van der Waals surface area contributed by atoms with E-state index in [9.17, 15) is 0 Å². The van der Waals surface area contributed by atoms with E-state index in [1.807, 2.05) is 13.0 Å². The van der Waals surface area contributed by atoms with Crippen molar-refractivity contribution in [2.75, 3.05) is 11.9 Å². The second kappa shape index (κ2) is 3.25. The molecule has 0 unspecified atom stereocenters. The molecule has 0 aliphatic rings. The number of nitrogens with one attached hydrogen (secondary N) is 1. The number of hydrogen-bond acceptors (Lipinski definition) is 3. The highest BCUT2D eigenvalue weighted by Gasteiger charge is 1.95. The van der Waals surface area contributed by atoms with Crippen LogP contribution >= 0.6 is 0 Å². The van der Waals surface area contributed by atoms with Crippen LogP contribution in [0.4, 0.5) is 5.82 Å². The minimum absolute atomic E-state index is 0.833. The fraction of sp³-hybridized carbons (Fsp3) is 0.571. The summed E-state index contributed by atoms with van der Waals surface area (Å²) in [5, 5.41) is 6.88. The van der Waals surface area contributed by atoms with E-state index in [2.05, 4.69) is 17.4 Å². The molecule has 3 heteroatoms. The van der Waals surface area contributed by atoms with Crippen LogP contribution in [0.2, 0.25) is 0 Å². The Kier molecular flexibility index (Phi) is 2.31. The van der Waals surface area contributed by atoms with Gasteiger partial charge in [0.1, 0.15) is 5.76 Å². The number of aromatic nitrogens is 1. The third kappa shape index (κ3) is 1.76. The number of rotatable bonds is 3. The molecule has 0 spiro atoms. The van der Waals surface area contributed by atoms with E-state index < -0.39 is 0 Å². The summed E-state index contributed by atoms with van der Waals surface area (Å²) in [6.07, 6.45) is 1.10. The SMILES string of the molecule is CCCNc1cc(C)on1. The number of aryl methyl sites for hydroxylation is 1. The standard InChI is InChI=1S/C7H12N2O/c1-3-4-8-7-5-6(2)10-9-7/h5H,3-4H2,1-2H3,(H,8,9). The molecule has 0 saturated carbocycles. The molecule has 1 aromatic heterocycles. The molecule has 3 nitrogen and oxygen atoms in total. The van der Waals surface area contributed by atoms with E-state index in [0.29, 0.717) is 0 Å².